The molecule has 0 unspecified atom stereocenters. The van der Waals surface area contributed by atoms with Crippen LogP contribution >= 0.6 is 0 Å². The minimum atomic E-state index is -0.990. The quantitative estimate of drug-likeness (QED) is 0.898. The Bertz CT molecular complexity index is 683. The first-order valence-corrected chi connectivity index (χ1v) is 6.02. The lowest BCUT2D eigenvalue weighted by Gasteiger charge is -2.09. The summed E-state index contributed by atoms with van der Waals surface area (Å²) in [4.78, 5) is 23.5. The summed E-state index contributed by atoms with van der Waals surface area (Å²) in [5.74, 6) is -0.457. The van der Waals surface area contributed by atoms with E-state index in [-0.39, 0.29) is 11.1 Å². The van der Waals surface area contributed by atoms with Crippen molar-refractivity contribution in [3.05, 3.63) is 46.4 Å². The van der Waals surface area contributed by atoms with Gasteiger partial charge >= 0.3 is 5.97 Å². The topological polar surface area (TPSA) is 59.3 Å². The van der Waals surface area contributed by atoms with Crippen LogP contribution in [0.25, 0.3) is 10.8 Å². The zero-order valence-electron chi connectivity index (χ0n) is 9.80. The van der Waals surface area contributed by atoms with Gasteiger partial charge < -0.3 is 9.67 Å². The lowest BCUT2D eigenvalue weighted by molar-refractivity contribution is 0.0698. The van der Waals surface area contributed by atoms with Gasteiger partial charge in [0.05, 0.1) is 5.56 Å². The summed E-state index contributed by atoms with van der Waals surface area (Å²) in [6.45, 7) is 0.629. The fraction of sp³-hybridized carbons (Fsp3) is 0.286. The van der Waals surface area contributed by atoms with E-state index in [2.05, 4.69) is 0 Å². The van der Waals surface area contributed by atoms with Crippen molar-refractivity contribution in [1.29, 1.82) is 0 Å². The molecule has 1 aliphatic rings. The number of carboxylic acids is 1. The van der Waals surface area contributed by atoms with Gasteiger partial charge in [-0.1, -0.05) is 18.2 Å². The summed E-state index contributed by atoms with van der Waals surface area (Å²) in [5, 5.41) is 10.2. The molecular formula is C14H13NO3. The maximum Gasteiger partial charge on any atom is 0.337 e. The SMILES string of the molecule is O=C(O)c1cn(CC2CC2)c(=O)c2ccccc12. The Morgan fingerprint density at radius 1 is 1.28 bits per heavy atom. The van der Waals surface area contributed by atoms with E-state index in [0.29, 0.717) is 23.2 Å². The van der Waals surface area contributed by atoms with Gasteiger partial charge in [0, 0.05) is 23.5 Å². The van der Waals surface area contributed by atoms with Crippen LogP contribution in [0.5, 0.6) is 0 Å². The molecule has 4 nitrogen and oxygen atoms in total. The zero-order chi connectivity index (χ0) is 12.7. The Balaban J connectivity index is 2.27. The van der Waals surface area contributed by atoms with Crippen molar-refractivity contribution in [2.24, 2.45) is 5.92 Å². The fourth-order valence-corrected chi connectivity index (χ4v) is 2.23. The third-order valence-corrected chi connectivity index (χ3v) is 3.38. The van der Waals surface area contributed by atoms with E-state index in [1.807, 2.05) is 0 Å². The van der Waals surface area contributed by atoms with Crippen molar-refractivity contribution in [2.45, 2.75) is 19.4 Å². The molecule has 0 atom stereocenters. The molecule has 0 amide bonds. The lowest BCUT2D eigenvalue weighted by Crippen LogP contribution is -2.22. The number of nitrogens with zero attached hydrogens (tertiary/aromatic N) is 1. The molecule has 0 radical (unpaired) electrons. The number of carbonyl (C=O) groups is 1. The zero-order valence-corrected chi connectivity index (χ0v) is 9.80. The molecule has 4 heteroatoms. The van der Waals surface area contributed by atoms with Crippen LogP contribution in [0.3, 0.4) is 0 Å². The van der Waals surface area contributed by atoms with Crippen molar-refractivity contribution in [3.8, 4) is 0 Å². The van der Waals surface area contributed by atoms with E-state index in [1.54, 1.807) is 28.8 Å². The predicted octanol–water partition coefficient (Wildman–Crippen LogP) is 2.11. The number of fused-ring (bicyclic) bond motifs is 1. The van der Waals surface area contributed by atoms with E-state index in [4.69, 9.17) is 0 Å². The highest BCUT2D eigenvalue weighted by Gasteiger charge is 2.23. The molecule has 1 aromatic carbocycles. The Morgan fingerprint density at radius 3 is 2.56 bits per heavy atom. The maximum absolute atomic E-state index is 12.2. The minimum absolute atomic E-state index is 0.0949. The van der Waals surface area contributed by atoms with Crippen molar-refractivity contribution in [3.63, 3.8) is 0 Å². The van der Waals surface area contributed by atoms with Crippen LogP contribution in [0.2, 0.25) is 0 Å². The average molecular weight is 243 g/mol. The van der Waals surface area contributed by atoms with Gasteiger partial charge in [0.15, 0.2) is 0 Å². The smallest absolute Gasteiger partial charge is 0.337 e. The van der Waals surface area contributed by atoms with E-state index < -0.39 is 5.97 Å². The van der Waals surface area contributed by atoms with Gasteiger partial charge in [0.2, 0.25) is 0 Å². The first-order chi connectivity index (χ1) is 8.66. The van der Waals surface area contributed by atoms with Gasteiger partial charge in [-0.3, -0.25) is 4.79 Å². The van der Waals surface area contributed by atoms with E-state index >= 15 is 0 Å². The number of hydrogen-bond donors (Lipinski definition) is 1. The highest BCUT2D eigenvalue weighted by molar-refractivity contribution is 6.02. The standard InChI is InChI=1S/C14H13NO3/c16-13-11-4-2-1-3-10(11)12(14(17)18)8-15(13)7-9-5-6-9/h1-4,8-9H,5-7H2,(H,17,18). The monoisotopic (exact) mass is 243 g/mol. The molecule has 1 heterocycles. The summed E-state index contributed by atoms with van der Waals surface area (Å²) in [6, 6.07) is 6.88. The van der Waals surface area contributed by atoms with Crippen LogP contribution in [0.4, 0.5) is 0 Å². The van der Waals surface area contributed by atoms with Crippen LogP contribution in [-0.4, -0.2) is 15.6 Å². The number of benzene rings is 1. The van der Waals surface area contributed by atoms with Crippen LogP contribution in [0.1, 0.15) is 23.2 Å². The number of carboxylic acid groups (broad SMARTS) is 1. The Labute approximate surface area is 103 Å². The first-order valence-electron chi connectivity index (χ1n) is 6.02. The van der Waals surface area contributed by atoms with Gasteiger partial charge in [0.25, 0.3) is 5.56 Å². The molecule has 0 bridgehead atoms. The lowest BCUT2D eigenvalue weighted by atomic mass is 10.1. The Kier molecular flexibility index (Phi) is 2.44. The van der Waals surface area contributed by atoms with Crippen LogP contribution < -0.4 is 5.56 Å². The third kappa shape index (κ3) is 1.79. The van der Waals surface area contributed by atoms with Gasteiger partial charge in [-0.2, -0.15) is 0 Å². The molecule has 1 aromatic heterocycles. The molecule has 0 aliphatic heterocycles. The molecule has 1 N–H and O–H groups in total. The Morgan fingerprint density at radius 2 is 1.94 bits per heavy atom. The second-order valence-corrected chi connectivity index (χ2v) is 4.79. The van der Waals surface area contributed by atoms with Gasteiger partial charge in [-0.05, 0) is 24.8 Å². The Hall–Kier alpha value is -2.10. The van der Waals surface area contributed by atoms with Crippen LogP contribution in [0.15, 0.2) is 35.3 Å². The first kappa shape index (κ1) is 11.0. The molecule has 2 aromatic rings. The molecule has 1 saturated carbocycles. The summed E-state index contributed by atoms with van der Waals surface area (Å²) in [6.07, 6.45) is 3.73. The van der Waals surface area contributed by atoms with Crippen molar-refractivity contribution in [2.75, 3.05) is 0 Å². The minimum Gasteiger partial charge on any atom is -0.478 e. The normalized spacial score (nSPS) is 14.9. The van der Waals surface area contributed by atoms with E-state index in [9.17, 15) is 14.7 Å². The average Bonchev–Trinajstić information content (AvgIpc) is 3.16. The fourth-order valence-electron chi connectivity index (χ4n) is 2.23. The molecule has 1 fully saturated rings. The highest BCUT2D eigenvalue weighted by atomic mass is 16.4. The second-order valence-electron chi connectivity index (χ2n) is 4.79. The molecule has 3 rings (SSSR count). The second kappa shape index (κ2) is 3.98. The number of hydrogen-bond acceptors (Lipinski definition) is 2. The number of pyridine rings is 1. The molecule has 0 saturated heterocycles. The predicted molar refractivity (Wildman–Crippen MR) is 67.9 cm³/mol. The van der Waals surface area contributed by atoms with Gasteiger partial charge in [-0.15, -0.1) is 0 Å². The maximum atomic E-state index is 12.2. The van der Waals surface area contributed by atoms with Crippen molar-refractivity contribution in [1.82, 2.24) is 4.57 Å². The third-order valence-electron chi connectivity index (χ3n) is 3.38. The summed E-state index contributed by atoms with van der Waals surface area (Å²) in [7, 11) is 0. The van der Waals surface area contributed by atoms with Crippen molar-refractivity contribution < 1.29 is 9.90 Å². The largest absolute Gasteiger partial charge is 0.478 e. The number of rotatable bonds is 3. The number of aromatic carboxylic acids is 1. The van der Waals surface area contributed by atoms with Gasteiger partial charge in [-0.25, -0.2) is 4.79 Å². The molecular weight excluding hydrogens is 230 g/mol. The summed E-state index contributed by atoms with van der Waals surface area (Å²) < 4.78 is 1.55. The summed E-state index contributed by atoms with van der Waals surface area (Å²) in [5.41, 5.74) is 0.105. The van der Waals surface area contributed by atoms with E-state index in [1.165, 1.54) is 6.20 Å². The van der Waals surface area contributed by atoms with Crippen LogP contribution in [0, 0.1) is 5.92 Å². The molecule has 1 aliphatic carbocycles. The molecule has 92 valence electrons. The number of aromatic nitrogens is 1. The van der Waals surface area contributed by atoms with E-state index in [0.717, 1.165) is 12.8 Å². The molecule has 0 spiro atoms. The highest BCUT2D eigenvalue weighted by Crippen LogP contribution is 2.30. The summed E-state index contributed by atoms with van der Waals surface area (Å²) >= 11 is 0. The van der Waals surface area contributed by atoms with Crippen molar-refractivity contribution >= 4 is 16.7 Å². The molecule has 18 heavy (non-hydrogen) atoms. The van der Waals surface area contributed by atoms with Gasteiger partial charge in [0.1, 0.15) is 0 Å². The van der Waals surface area contributed by atoms with Crippen LogP contribution in [-0.2, 0) is 6.54 Å².